The molecule has 0 aliphatic rings. The van der Waals surface area contributed by atoms with E-state index in [1.807, 2.05) is 6.07 Å². The molecule has 88 valence electrons. The van der Waals surface area contributed by atoms with Gasteiger partial charge in [-0.15, -0.1) is 0 Å². The van der Waals surface area contributed by atoms with E-state index in [9.17, 15) is 4.79 Å². The molecule has 0 N–H and O–H groups in total. The molecule has 0 bridgehead atoms. The van der Waals surface area contributed by atoms with Gasteiger partial charge in [0.05, 0.1) is 6.54 Å². The van der Waals surface area contributed by atoms with Crippen molar-refractivity contribution in [2.75, 3.05) is 0 Å². The zero-order valence-electron chi connectivity index (χ0n) is 9.28. The van der Waals surface area contributed by atoms with Crippen molar-refractivity contribution in [3.8, 4) is 0 Å². The monoisotopic (exact) mass is 267 g/mol. The molecule has 0 spiro atoms. The Hall–Kier alpha value is -1.25. The molecular weight excluding hydrogens is 257 g/mol. The van der Waals surface area contributed by atoms with Gasteiger partial charge in [0.25, 0.3) is 5.56 Å². The highest BCUT2D eigenvalue weighted by molar-refractivity contribution is 6.35. The van der Waals surface area contributed by atoms with Gasteiger partial charge in [-0.25, -0.2) is 0 Å². The largest absolute Gasteiger partial charge is 0.311 e. The molecule has 0 radical (unpaired) electrons. The lowest BCUT2D eigenvalue weighted by Crippen LogP contribution is -2.21. The number of hydrogen-bond acceptors (Lipinski definition) is 1. The van der Waals surface area contributed by atoms with Crippen LogP contribution in [0.25, 0.3) is 0 Å². The Morgan fingerprint density at radius 3 is 2.41 bits per heavy atom. The van der Waals surface area contributed by atoms with E-state index in [0.29, 0.717) is 22.2 Å². The fraction of sp³-hybridized carbons (Fsp3) is 0.154. The molecule has 0 aliphatic heterocycles. The van der Waals surface area contributed by atoms with Crippen LogP contribution in [0.2, 0.25) is 10.0 Å². The van der Waals surface area contributed by atoms with Crippen LogP contribution in [0, 0.1) is 6.92 Å². The van der Waals surface area contributed by atoms with Crippen molar-refractivity contribution < 1.29 is 0 Å². The van der Waals surface area contributed by atoms with Crippen molar-refractivity contribution in [1.82, 2.24) is 4.57 Å². The number of halogens is 2. The highest BCUT2D eigenvalue weighted by Gasteiger charge is 2.07. The molecular formula is C13H11Cl2NO. The highest BCUT2D eigenvalue weighted by Crippen LogP contribution is 2.24. The van der Waals surface area contributed by atoms with Gasteiger partial charge in [0.15, 0.2) is 0 Å². The molecule has 0 fully saturated rings. The average molecular weight is 268 g/mol. The summed E-state index contributed by atoms with van der Waals surface area (Å²) >= 11 is 12.1. The van der Waals surface area contributed by atoms with Crippen molar-refractivity contribution in [3.63, 3.8) is 0 Å². The molecule has 17 heavy (non-hydrogen) atoms. The summed E-state index contributed by atoms with van der Waals surface area (Å²) in [5, 5.41) is 1.15. The Bertz CT molecular complexity index is 584. The maximum absolute atomic E-state index is 11.9. The summed E-state index contributed by atoms with van der Waals surface area (Å²) in [5.41, 5.74) is 1.45. The predicted octanol–water partition coefficient (Wildman–Crippen LogP) is 3.51. The molecule has 2 nitrogen and oxygen atoms in total. The zero-order chi connectivity index (χ0) is 12.4. The lowest BCUT2D eigenvalue weighted by molar-refractivity contribution is 0.753. The van der Waals surface area contributed by atoms with Crippen LogP contribution < -0.4 is 5.56 Å². The molecule has 0 amide bonds. The van der Waals surface area contributed by atoms with Gasteiger partial charge in [-0.05, 0) is 25.1 Å². The van der Waals surface area contributed by atoms with Gasteiger partial charge in [-0.3, -0.25) is 4.79 Å². The van der Waals surface area contributed by atoms with Crippen LogP contribution in [-0.4, -0.2) is 4.57 Å². The maximum Gasteiger partial charge on any atom is 0.253 e. The first kappa shape index (κ1) is 12.2. The van der Waals surface area contributed by atoms with Gasteiger partial charge in [-0.2, -0.15) is 0 Å². The van der Waals surface area contributed by atoms with Gasteiger partial charge in [0.1, 0.15) is 0 Å². The third-order valence-corrected chi connectivity index (χ3v) is 3.31. The van der Waals surface area contributed by atoms with E-state index in [4.69, 9.17) is 23.2 Å². The second kappa shape index (κ2) is 4.94. The van der Waals surface area contributed by atoms with Crippen molar-refractivity contribution in [1.29, 1.82) is 0 Å². The Kier molecular flexibility index (Phi) is 3.55. The number of rotatable bonds is 2. The summed E-state index contributed by atoms with van der Waals surface area (Å²) in [6.07, 6.45) is 1.73. The fourth-order valence-corrected chi connectivity index (χ4v) is 2.15. The Labute approximate surface area is 109 Å². The number of hydrogen-bond donors (Lipinski definition) is 0. The van der Waals surface area contributed by atoms with E-state index in [-0.39, 0.29) is 5.56 Å². The quantitative estimate of drug-likeness (QED) is 0.816. The van der Waals surface area contributed by atoms with Crippen LogP contribution >= 0.6 is 23.2 Å². The molecule has 2 rings (SSSR count). The van der Waals surface area contributed by atoms with Crippen LogP contribution in [0.3, 0.4) is 0 Å². The molecule has 0 saturated heterocycles. The van der Waals surface area contributed by atoms with Crippen molar-refractivity contribution in [2.45, 2.75) is 13.5 Å². The first-order valence-electron chi connectivity index (χ1n) is 5.18. The topological polar surface area (TPSA) is 22.0 Å². The van der Waals surface area contributed by atoms with E-state index in [1.54, 1.807) is 42.0 Å². The molecule has 1 heterocycles. The van der Waals surface area contributed by atoms with Gasteiger partial charge in [-0.1, -0.05) is 35.3 Å². The lowest BCUT2D eigenvalue weighted by atomic mass is 10.2. The second-order valence-electron chi connectivity index (χ2n) is 3.82. The minimum atomic E-state index is -0.0245. The first-order chi connectivity index (χ1) is 8.09. The summed E-state index contributed by atoms with van der Waals surface area (Å²) in [4.78, 5) is 11.9. The van der Waals surface area contributed by atoms with E-state index in [1.165, 1.54) is 0 Å². The van der Waals surface area contributed by atoms with Crippen LogP contribution in [0.5, 0.6) is 0 Å². The number of benzene rings is 1. The summed E-state index contributed by atoms with van der Waals surface area (Å²) in [6, 6.07) is 8.94. The average Bonchev–Trinajstić information content (AvgIpc) is 2.29. The molecule has 1 aromatic carbocycles. The third kappa shape index (κ3) is 2.54. The predicted molar refractivity (Wildman–Crippen MR) is 71.0 cm³/mol. The number of aromatic nitrogens is 1. The Morgan fingerprint density at radius 2 is 1.76 bits per heavy atom. The van der Waals surface area contributed by atoms with Gasteiger partial charge >= 0.3 is 0 Å². The third-order valence-electron chi connectivity index (χ3n) is 2.60. The molecule has 0 saturated carbocycles. The first-order valence-corrected chi connectivity index (χ1v) is 5.94. The minimum absolute atomic E-state index is 0.0245. The molecule has 0 atom stereocenters. The smallest absolute Gasteiger partial charge is 0.253 e. The lowest BCUT2D eigenvalue weighted by Gasteiger charge is -2.09. The normalized spacial score (nSPS) is 10.5. The van der Waals surface area contributed by atoms with Gasteiger partial charge in [0.2, 0.25) is 0 Å². The van der Waals surface area contributed by atoms with Crippen molar-refractivity contribution >= 4 is 23.2 Å². The Balaban J connectivity index is 2.45. The van der Waals surface area contributed by atoms with Crippen LogP contribution in [-0.2, 0) is 6.54 Å². The SMILES string of the molecule is Cc1cccn(Cc2c(Cl)cccc2Cl)c1=O. The summed E-state index contributed by atoms with van der Waals surface area (Å²) in [7, 11) is 0. The van der Waals surface area contributed by atoms with E-state index < -0.39 is 0 Å². The van der Waals surface area contributed by atoms with Crippen LogP contribution in [0.15, 0.2) is 41.3 Å². The zero-order valence-corrected chi connectivity index (χ0v) is 10.8. The fourth-order valence-electron chi connectivity index (χ4n) is 1.64. The molecule has 0 aliphatic carbocycles. The summed E-state index contributed by atoms with van der Waals surface area (Å²) in [6.45, 7) is 2.17. The van der Waals surface area contributed by atoms with E-state index >= 15 is 0 Å². The summed E-state index contributed by atoms with van der Waals surface area (Å²) in [5.74, 6) is 0. The number of pyridine rings is 1. The van der Waals surface area contributed by atoms with Gasteiger partial charge < -0.3 is 4.57 Å². The second-order valence-corrected chi connectivity index (χ2v) is 4.64. The standard InChI is InChI=1S/C13H11Cl2NO/c1-9-4-3-7-16(13(9)17)8-10-11(14)5-2-6-12(10)15/h2-7H,8H2,1H3. The summed E-state index contributed by atoms with van der Waals surface area (Å²) < 4.78 is 1.60. The minimum Gasteiger partial charge on any atom is -0.311 e. The number of aryl methyl sites for hydroxylation is 1. The van der Waals surface area contributed by atoms with Gasteiger partial charge in [0, 0.05) is 27.4 Å². The van der Waals surface area contributed by atoms with Crippen molar-refractivity contribution in [2.24, 2.45) is 0 Å². The van der Waals surface area contributed by atoms with Crippen LogP contribution in [0.4, 0.5) is 0 Å². The maximum atomic E-state index is 11.9. The molecule has 2 aromatic rings. The number of nitrogens with zero attached hydrogens (tertiary/aromatic N) is 1. The molecule has 1 aromatic heterocycles. The molecule has 4 heteroatoms. The van der Waals surface area contributed by atoms with Crippen LogP contribution in [0.1, 0.15) is 11.1 Å². The van der Waals surface area contributed by atoms with Crippen molar-refractivity contribution in [3.05, 3.63) is 68.1 Å². The Morgan fingerprint density at radius 1 is 1.12 bits per heavy atom. The van der Waals surface area contributed by atoms with E-state index in [0.717, 1.165) is 5.56 Å². The van der Waals surface area contributed by atoms with E-state index in [2.05, 4.69) is 0 Å². The molecule has 0 unspecified atom stereocenters. The highest BCUT2D eigenvalue weighted by atomic mass is 35.5.